The average Bonchev–Trinajstić information content (AvgIpc) is 2.27. The van der Waals surface area contributed by atoms with Gasteiger partial charge in [0.25, 0.3) is 6.43 Å². The van der Waals surface area contributed by atoms with E-state index in [0.29, 0.717) is 5.69 Å². The van der Waals surface area contributed by atoms with Crippen molar-refractivity contribution in [2.75, 3.05) is 12.4 Å². The van der Waals surface area contributed by atoms with Crippen LogP contribution in [0.1, 0.15) is 30.5 Å². The quantitative estimate of drug-likeness (QED) is 0.780. The van der Waals surface area contributed by atoms with Crippen molar-refractivity contribution in [2.24, 2.45) is 0 Å². The Bertz CT molecular complexity index is 331. The summed E-state index contributed by atoms with van der Waals surface area (Å²) in [6, 6.07) is 4.49. The molecule has 1 aromatic rings. The first-order valence-electron chi connectivity index (χ1n) is 4.55. The molecule has 2 nitrogen and oxygen atoms in total. The molecule has 0 aliphatic heterocycles. The van der Waals surface area contributed by atoms with Gasteiger partial charge in [0.2, 0.25) is 0 Å². The fourth-order valence-corrected chi connectivity index (χ4v) is 1.39. The highest BCUT2D eigenvalue weighted by Gasteiger charge is 2.12. The zero-order chi connectivity index (χ0) is 11.4. The second-order valence-corrected chi connectivity index (χ2v) is 3.49. The number of hydrogen-bond acceptors (Lipinski definition) is 2. The van der Waals surface area contributed by atoms with Crippen LogP contribution >= 0.6 is 11.8 Å². The van der Waals surface area contributed by atoms with Crippen LogP contribution in [0, 0.1) is 0 Å². The Hall–Kier alpha value is -0.870. The van der Waals surface area contributed by atoms with Crippen molar-refractivity contribution >= 4 is 17.5 Å². The van der Waals surface area contributed by atoms with E-state index in [1.807, 2.05) is 0 Å². The van der Waals surface area contributed by atoms with Crippen LogP contribution in [-0.2, 0) is 0 Å². The molecule has 0 aromatic heterocycles. The summed E-state index contributed by atoms with van der Waals surface area (Å²) in [6.07, 6.45) is -2.47. The van der Waals surface area contributed by atoms with E-state index in [1.165, 1.54) is 12.1 Å². The normalized spacial score (nSPS) is 12.9. The van der Waals surface area contributed by atoms with Crippen molar-refractivity contribution in [3.05, 3.63) is 29.3 Å². The van der Waals surface area contributed by atoms with Crippen molar-refractivity contribution in [3.8, 4) is 0 Å². The second kappa shape index (κ2) is 5.28. The molecular formula is C10H13ClF2N2. The van der Waals surface area contributed by atoms with Gasteiger partial charge in [-0.15, -0.1) is 0 Å². The monoisotopic (exact) mass is 234 g/mol. The van der Waals surface area contributed by atoms with Crippen LogP contribution < -0.4 is 10.2 Å². The molecule has 1 rings (SSSR count). The molecule has 1 atom stereocenters. The third kappa shape index (κ3) is 3.04. The molecule has 0 unspecified atom stereocenters. The first kappa shape index (κ1) is 12.2. The zero-order valence-corrected chi connectivity index (χ0v) is 9.28. The lowest BCUT2D eigenvalue weighted by Crippen LogP contribution is -2.07. The maximum atomic E-state index is 12.5. The Labute approximate surface area is 92.7 Å². The number of hydrogen-bond donors (Lipinski definition) is 2. The van der Waals surface area contributed by atoms with Crippen LogP contribution in [0.2, 0.25) is 0 Å². The molecular weight excluding hydrogens is 222 g/mol. The summed E-state index contributed by atoms with van der Waals surface area (Å²) in [5.41, 5.74) is 1.38. The van der Waals surface area contributed by atoms with E-state index < -0.39 is 6.43 Å². The Morgan fingerprint density at radius 2 is 1.80 bits per heavy atom. The van der Waals surface area contributed by atoms with E-state index in [0.717, 1.165) is 5.56 Å². The van der Waals surface area contributed by atoms with Crippen LogP contribution in [0.3, 0.4) is 0 Å². The van der Waals surface area contributed by atoms with Crippen LogP contribution in [0.15, 0.2) is 18.2 Å². The molecule has 0 saturated heterocycles. The van der Waals surface area contributed by atoms with E-state index in [2.05, 4.69) is 10.2 Å². The van der Waals surface area contributed by atoms with Crippen molar-refractivity contribution in [1.82, 2.24) is 4.84 Å². The minimum absolute atomic E-state index is 0.00406. The van der Waals surface area contributed by atoms with Crippen LogP contribution in [0.25, 0.3) is 0 Å². The molecule has 0 amide bonds. The van der Waals surface area contributed by atoms with Gasteiger partial charge >= 0.3 is 0 Å². The molecule has 0 radical (unpaired) electrons. The van der Waals surface area contributed by atoms with Gasteiger partial charge in [-0.05, 0) is 42.5 Å². The number of benzene rings is 1. The lowest BCUT2D eigenvalue weighted by molar-refractivity contribution is 0.151. The third-order valence-corrected chi connectivity index (χ3v) is 2.51. The van der Waals surface area contributed by atoms with E-state index in [1.54, 1.807) is 20.0 Å². The summed E-state index contributed by atoms with van der Waals surface area (Å²) >= 11 is 5.46. The molecule has 1 aromatic carbocycles. The minimum Gasteiger partial charge on any atom is -0.388 e. The number of halogens is 3. The molecule has 84 valence electrons. The van der Waals surface area contributed by atoms with Gasteiger partial charge in [0.05, 0.1) is 0 Å². The molecule has 0 spiro atoms. The maximum Gasteiger partial charge on any atom is 0.263 e. The van der Waals surface area contributed by atoms with Gasteiger partial charge in [0, 0.05) is 24.3 Å². The Kier molecular flexibility index (Phi) is 4.29. The fraction of sp³-hybridized carbons (Fsp3) is 0.400. The van der Waals surface area contributed by atoms with Gasteiger partial charge in [0.15, 0.2) is 0 Å². The zero-order valence-electron chi connectivity index (χ0n) is 8.52. The molecule has 0 heterocycles. The van der Waals surface area contributed by atoms with Gasteiger partial charge in [-0.2, -0.15) is 0 Å². The standard InChI is InChI=1S/C10H13ClF2N2/c1-6(15-11)7-3-8(10(12)13)5-9(4-7)14-2/h3-6,10,14-15H,1-2H3/t6-/m1/s1. The summed E-state index contributed by atoms with van der Waals surface area (Å²) in [5.74, 6) is 0. The molecule has 0 fully saturated rings. The van der Waals surface area contributed by atoms with Gasteiger partial charge < -0.3 is 5.32 Å². The summed E-state index contributed by atoms with van der Waals surface area (Å²) in [4.78, 5) is 2.50. The minimum atomic E-state index is -2.47. The second-order valence-electron chi connectivity index (χ2n) is 3.27. The van der Waals surface area contributed by atoms with Crippen molar-refractivity contribution in [3.63, 3.8) is 0 Å². The van der Waals surface area contributed by atoms with Crippen LogP contribution in [0.4, 0.5) is 14.5 Å². The van der Waals surface area contributed by atoms with E-state index >= 15 is 0 Å². The smallest absolute Gasteiger partial charge is 0.263 e. The van der Waals surface area contributed by atoms with Gasteiger partial charge in [-0.3, -0.25) is 0 Å². The molecule has 0 aliphatic rings. The van der Waals surface area contributed by atoms with E-state index in [-0.39, 0.29) is 11.6 Å². The van der Waals surface area contributed by atoms with E-state index in [9.17, 15) is 8.78 Å². The Morgan fingerprint density at radius 3 is 2.27 bits per heavy atom. The van der Waals surface area contributed by atoms with Gasteiger partial charge in [-0.25, -0.2) is 13.6 Å². The summed E-state index contributed by atoms with van der Waals surface area (Å²) in [6.45, 7) is 1.80. The van der Waals surface area contributed by atoms with Crippen LogP contribution in [-0.4, -0.2) is 7.05 Å². The molecule has 2 N–H and O–H groups in total. The van der Waals surface area contributed by atoms with Gasteiger partial charge in [0.1, 0.15) is 0 Å². The summed E-state index contributed by atoms with van der Waals surface area (Å²) in [7, 11) is 1.69. The number of rotatable bonds is 4. The Balaban J connectivity index is 3.11. The van der Waals surface area contributed by atoms with Gasteiger partial charge in [-0.1, -0.05) is 0 Å². The maximum absolute atomic E-state index is 12.5. The summed E-state index contributed by atoms with van der Waals surface area (Å²) < 4.78 is 25.1. The topological polar surface area (TPSA) is 24.1 Å². The highest BCUT2D eigenvalue weighted by Crippen LogP contribution is 2.26. The van der Waals surface area contributed by atoms with Crippen molar-refractivity contribution < 1.29 is 8.78 Å². The predicted molar refractivity (Wildman–Crippen MR) is 58.3 cm³/mol. The molecule has 15 heavy (non-hydrogen) atoms. The number of anilines is 1. The highest BCUT2D eigenvalue weighted by atomic mass is 35.5. The largest absolute Gasteiger partial charge is 0.388 e. The van der Waals surface area contributed by atoms with Crippen molar-refractivity contribution in [2.45, 2.75) is 19.4 Å². The first-order chi connectivity index (χ1) is 7.08. The number of nitrogens with one attached hydrogen (secondary N) is 2. The number of alkyl halides is 2. The average molecular weight is 235 g/mol. The predicted octanol–water partition coefficient (Wildman–Crippen LogP) is 3.47. The fourth-order valence-electron chi connectivity index (χ4n) is 1.26. The molecule has 0 bridgehead atoms. The highest BCUT2D eigenvalue weighted by molar-refractivity contribution is 6.13. The lowest BCUT2D eigenvalue weighted by atomic mass is 10.0. The lowest BCUT2D eigenvalue weighted by Gasteiger charge is -2.13. The summed E-state index contributed by atoms with van der Waals surface area (Å²) in [5, 5.41) is 2.84. The molecule has 0 aliphatic carbocycles. The Morgan fingerprint density at radius 1 is 1.20 bits per heavy atom. The van der Waals surface area contributed by atoms with Crippen molar-refractivity contribution in [1.29, 1.82) is 0 Å². The third-order valence-electron chi connectivity index (χ3n) is 2.18. The first-order valence-corrected chi connectivity index (χ1v) is 4.93. The van der Waals surface area contributed by atoms with Crippen LogP contribution in [0.5, 0.6) is 0 Å². The van der Waals surface area contributed by atoms with E-state index in [4.69, 9.17) is 11.8 Å². The molecule has 5 heteroatoms. The molecule has 0 saturated carbocycles. The SMILES string of the molecule is CNc1cc(C(F)F)cc([C@@H](C)NCl)c1.